The summed E-state index contributed by atoms with van der Waals surface area (Å²) in [5.41, 5.74) is -2.72. The first-order valence-electron chi connectivity index (χ1n) is 10.7. The topological polar surface area (TPSA) is 84.9 Å². The second-order valence-electron chi connectivity index (χ2n) is 10.9. The highest BCUT2D eigenvalue weighted by atomic mass is 16.7. The Morgan fingerprint density at radius 3 is 2.19 bits per heavy atom. The lowest BCUT2D eigenvalue weighted by atomic mass is 9.70. The molecule has 1 amide bonds. The number of esters is 1. The third-order valence-corrected chi connectivity index (χ3v) is 4.96. The summed E-state index contributed by atoms with van der Waals surface area (Å²) in [7, 11) is 0. The average molecular weight is 433 g/mol. The van der Waals surface area contributed by atoms with Gasteiger partial charge in [-0.3, -0.25) is 19.7 Å². The van der Waals surface area contributed by atoms with Crippen molar-refractivity contribution in [2.75, 3.05) is 11.6 Å². The Bertz CT molecular complexity index is 835. The van der Waals surface area contributed by atoms with Gasteiger partial charge in [-0.1, -0.05) is 26.0 Å². The van der Waals surface area contributed by atoms with Gasteiger partial charge in [0.1, 0.15) is 5.60 Å². The predicted molar refractivity (Wildman–Crippen MR) is 120 cm³/mol. The van der Waals surface area contributed by atoms with Gasteiger partial charge in [0.2, 0.25) is 6.41 Å². The van der Waals surface area contributed by atoms with Crippen molar-refractivity contribution in [3.8, 4) is 0 Å². The number of amides is 1. The lowest BCUT2D eigenvalue weighted by molar-refractivity contribution is -0.163. The van der Waals surface area contributed by atoms with Gasteiger partial charge in [0.05, 0.1) is 11.3 Å². The molecule has 1 atom stereocenters. The van der Waals surface area contributed by atoms with E-state index in [0.29, 0.717) is 13.0 Å². The summed E-state index contributed by atoms with van der Waals surface area (Å²) >= 11 is 0. The maximum Gasteiger partial charge on any atom is 0.335 e. The van der Waals surface area contributed by atoms with Gasteiger partial charge in [0.15, 0.2) is 11.3 Å². The number of ketones is 1. The Balaban J connectivity index is 2.58. The van der Waals surface area contributed by atoms with E-state index in [9.17, 15) is 14.4 Å². The fourth-order valence-corrected chi connectivity index (χ4v) is 3.76. The Hall–Kier alpha value is -2.25. The molecule has 0 saturated carbocycles. The molecule has 0 bridgehead atoms. The highest BCUT2D eigenvalue weighted by molar-refractivity contribution is 6.19. The Kier molecular flexibility index (Phi) is 7.03. The number of hydrogen-bond acceptors (Lipinski definition) is 6. The number of carbonyl (C=O) groups is 3. The van der Waals surface area contributed by atoms with Crippen LogP contribution in [-0.4, -0.2) is 41.4 Å². The first-order valence-corrected chi connectivity index (χ1v) is 10.7. The van der Waals surface area contributed by atoms with Crippen molar-refractivity contribution in [2.24, 2.45) is 5.41 Å². The first kappa shape index (κ1) is 25.0. The maximum absolute atomic E-state index is 14.0. The Morgan fingerprint density at radius 1 is 1.06 bits per heavy atom. The third kappa shape index (κ3) is 6.14. The molecule has 0 aromatic heterocycles. The van der Waals surface area contributed by atoms with Crippen LogP contribution in [0.3, 0.4) is 0 Å². The molecule has 1 unspecified atom stereocenters. The average Bonchev–Trinajstić information content (AvgIpc) is 2.62. The van der Waals surface area contributed by atoms with Crippen molar-refractivity contribution in [2.45, 2.75) is 85.0 Å². The number of para-hydroxylation sites is 1. The van der Waals surface area contributed by atoms with Crippen molar-refractivity contribution < 1.29 is 24.0 Å². The highest BCUT2D eigenvalue weighted by Crippen LogP contribution is 2.39. The predicted octanol–water partition coefficient (Wildman–Crippen LogP) is 4.05. The smallest absolute Gasteiger partial charge is 0.335 e. The molecule has 1 aliphatic heterocycles. The molecular formula is C24H36N2O5. The van der Waals surface area contributed by atoms with E-state index in [-0.39, 0.29) is 23.1 Å². The summed E-state index contributed by atoms with van der Waals surface area (Å²) in [6.45, 7) is 15.3. The summed E-state index contributed by atoms with van der Waals surface area (Å²) in [4.78, 5) is 44.9. The molecule has 1 fully saturated rings. The minimum atomic E-state index is -1.55. The summed E-state index contributed by atoms with van der Waals surface area (Å²) in [6, 6.07) is 6.65. The van der Waals surface area contributed by atoms with Gasteiger partial charge in [0, 0.05) is 5.56 Å². The first-order chi connectivity index (χ1) is 14.1. The van der Waals surface area contributed by atoms with Gasteiger partial charge in [-0.05, 0) is 78.5 Å². The van der Waals surface area contributed by atoms with Crippen molar-refractivity contribution in [1.82, 2.24) is 5.32 Å². The Labute approximate surface area is 185 Å². The van der Waals surface area contributed by atoms with E-state index in [2.05, 4.69) is 5.32 Å². The van der Waals surface area contributed by atoms with Crippen LogP contribution < -0.4 is 10.4 Å². The van der Waals surface area contributed by atoms with E-state index in [0.717, 1.165) is 11.5 Å². The highest BCUT2D eigenvalue weighted by Gasteiger charge is 2.54. The number of hydrogen-bond donors (Lipinski definition) is 1. The summed E-state index contributed by atoms with van der Waals surface area (Å²) in [5.74, 6) is -1.04. The molecule has 172 valence electrons. The van der Waals surface area contributed by atoms with Crippen LogP contribution in [0, 0.1) is 5.41 Å². The lowest BCUT2D eigenvalue weighted by Crippen LogP contribution is -2.64. The van der Waals surface area contributed by atoms with Crippen LogP contribution >= 0.6 is 0 Å². The zero-order valence-corrected chi connectivity index (χ0v) is 20.0. The van der Waals surface area contributed by atoms with Crippen molar-refractivity contribution in [3.63, 3.8) is 0 Å². The van der Waals surface area contributed by atoms with E-state index < -0.39 is 28.5 Å². The number of rotatable bonds is 6. The minimum absolute atomic E-state index is 0.218. The van der Waals surface area contributed by atoms with Crippen LogP contribution in [0.1, 0.15) is 78.6 Å². The summed E-state index contributed by atoms with van der Waals surface area (Å²) in [5, 5.41) is 4.22. The van der Waals surface area contributed by atoms with Crippen LogP contribution in [0.25, 0.3) is 0 Å². The number of nitrogens with one attached hydrogen (secondary N) is 1. The SMILES string of the molecule is CC1(C)CCNC(C(=O)OC(C)(C)C)(C(=O)c2ccccc2N(C=O)OC(C)(C)C)C1. The molecule has 2 rings (SSSR count). The van der Waals surface area contributed by atoms with Gasteiger partial charge in [0.25, 0.3) is 0 Å². The quantitative estimate of drug-likeness (QED) is 0.240. The fourth-order valence-electron chi connectivity index (χ4n) is 3.76. The second kappa shape index (κ2) is 8.71. The van der Waals surface area contributed by atoms with E-state index in [4.69, 9.17) is 9.57 Å². The van der Waals surface area contributed by atoms with Gasteiger partial charge in [-0.25, -0.2) is 4.79 Å². The van der Waals surface area contributed by atoms with Crippen molar-refractivity contribution in [3.05, 3.63) is 29.8 Å². The molecule has 31 heavy (non-hydrogen) atoms. The van der Waals surface area contributed by atoms with Gasteiger partial charge < -0.3 is 4.74 Å². The van der Waals surface area contributed by atoms with E-state index in [1.54, 1.807) is 65.8 Å². The summed E-state index contributed by atoms with van der Waals surface area (Å²) < 4.78 is 5.69. The van der Waals surface area contributed by atoms with Crippen molar-refractivity contribution >= 4 is 23.9 Å². The number of piperidine rings is 1. The largest absolute Gasteiger partial charge is 0.458 e. The standard InChI is InChI=1S/C24H36N2O5/c1-21(2,3)30-20(29)24(15-23(7,8)13-14-25-24)19(28)17-11-9-10-12-18(17)26(16-27)31-22(4,5)6/h9-12,16,25H,13-15H2,1-8H3. The Morgan fingerprint density at radius 2 is 1.68 bits per heavy atom. The van der Waals surface area contributed by atoms with Gasteiger partial charge in [-0.15, -0.1) is 0 Å². The summed E-state index contributed by atoms with van der Waals surface area (Å²) in [6.07, 6.45) is 1.62. The van der Waals surface area contributed by atoms with Crippen LogP contribution in [0.2, 0.25) is 0 Å². The molecule has 0 spiro atoms. The number of nitrogens with zero attached hydrogens (tertiary/aromatic N) is 1. The molecule has 1 heterocycles. The fraction of sp³-hybridized carbons (Fsp3) is 0.625. The number of hydroxylamine groups is 1. The molecule has 7 heteroatoms. The van der Waals surface area contributed by atoms with Crippen LogP contribution in [0.4, 0.5) is 5.69 Å². The molecule has 1 aromatic carbocycles. The van der Waals surface area contributed by atoms with E-state index in [1.807, 2.05) is 13.8 Å². The maximum atomic E-state index is 14.0. The number of anilines is 1. The zero-order valence-electron chi connectivity index (χ0n) is 20.0. The van der Waals surface area contributed by atoms with Crippen LogP contribution in [-0.2, 0) is 19.2 Å². The van der Waals surface area contributed by atoms with Gasteiger partial charge in [-0.2, -0.15) is 5.06 Å². The molecular weight excluding hydrogens is 396 g/mol. The number of carbonyl (C=O) groups excluding carboxylic acids is 3. The molecule has 1 aliphatic rings. The second-order valence-corrected chi connectivity index (χ2v) is 10.9. The zero-order chi connectivity index (χ0) is 23.7. The molecule has 0 aliphatic carbocycles. The normalized spacial score (nSPS) is 21.3. The monoisotopic (exact) mass is 432 g/mol. The molecule has 0 radical (unpaired) electrons. The van der Waals surface area contributed by atoms with Crippen LogP contribution in [0.15, 0.2) is 24.3 Å². The number of benzene rings is 1. The third-order valence-electron chi connectivity index (χ3n) is 4.96. The minimum Gasteiger partial charge on any atom is -0.458 e. The van der Waals surface area contributed by atoms with Crippen LogP contribution in [0.5, 0.6) is 0 Å². The molecule has 1 saturated heterocycles. The number of ether oxygens (including phenoxy) is 1. The van der Waals surface area contributed by atoms with Crippen molar-refractivity contribution in [1.29, 1.82) is 0 Å². The molecule has 7 nitrogen and oxygen atoms in total. The van der Waals surface area contributed by atoms with Gasteiger partial charge >= 0.3 is 5.97 Å². The number of Topliss-reactive ketones (excluding diaryl/α,β-unsaturated/α-hetero) is 1. The van der Waals surface area contributed by atoms with E-state index in [1.165, 1.54) is 0 Å². The molecule has 1 aromatic rings. The lowest BCUT2D eigenvalue weighted by Gasteiger charge is -2.44. The molecule has 1 N–H and O–H groups in total. The van der Waals surface area contributed by atoms with E-state index >= 15 is 0 Å².